The summed E-state index contributed by atoms with van der Waals surface area (Å²) in [5, 5.41) is 0. The van der Waals surface area contributed by atoms with Crippen LogP contribution >= 0.6 is 0 Å². The molecule has 0 bridgehead atoms. The molecule has 21 heavy (non-hydrogen) atoms. The molecule has 0 saturated carbocycles. The Hall–Kier alpha value is -1.87. The van der Waals surface area contributed by atoms with Crippen molar-refractivity contribution in [2.75, 3.05) is 0 Å². The lowest BCUT2D eigenvalue weighted by Crippen LogP contribution is -2.08. The normalized spacial score (nSPS) is 12.5. The molecule has 0 aliphatic rings. The quantitative estimate of drug-likeness (QED) is 0.852. The predicted octanol–water partition coefficient (Wildman–Crippen LogP) is 5.07. The number of hydrogen-bond acceptors (Lipinski definition) is 2. The van der Waals surface area contributed by atoms with Gasteiger partial charge in [-0.05, 0) is 49.1 Å². The highest BCUT2D eigenvalue weighted by Gasteiger charge is 2.15. The summed E-state index contributed by atoms with van der Waals surface area (Å²) < 4.78 is 19.8. The van der Waals surface area contributed by atoms with Gasteiger partial charge in [0.05, 0.1) is 0 Å². The fraction of sp³-hybridized carbons (Fsp3) is 0.333. The fourth-order valence-corrected chi connectivity index (χ4v) is 2.28. The van der Waals surface area contributed by atoms with Crippen LogP contribution in [0.3, 0.4) is 0 Å². The van der Waals surface area contributed by atoms with Crippen LogP contribution in [0.4, 0.5) is 4.39 Å². The van der Waals surface area contributed by atoms with Gasteiger partial charge in [0.25, 0.3) is 0 Å². The van der Waals surface area contributed by atoms with Crippen molar-refractivity contribution in [1.29, 1.82) is 0 Å². The summed E-state index contributed by atoms with van der Waals surface area (Å²) in [5.74, 6) is 1.51. The van der Waals surface area contributed by atoms with Crippen molar-refractivity contribution in [3.05, 3.63) is 58.9 Å². The molecule has 3 heteroatoms. The van der Waals surface area contributed by atoms with E-state index in [0.29, 0.717) is 22.8 Å². The average molecular weight is 287 g/mol. The van der Waals surface area contributed by atoms with E-state index in [-0.39, 0.29) is 11.9 Å². The van der Waals surface area contributed by atoms with E-state index in [9.17, 15) is 4.39 Å². The molecule has 112 valence electrons. The lowest BCUT2D eigenvalue weighted by atomic mass is 10.0. The first-order chi connectivity index (χ1) is 9.90. The third kappa shape index (κ3) is 3.42. The molecule has 0 aliphatic heterocycles. The van der Waals surface area contributed by atoms with Gasteiger partial charge in [-0.1, -0.05) is 32.0 Å². The van der Waals surface area contributed by atoms with Crippen LogP contribution in [0.5, 0.6) is 11.5 Å². The van der Waals surface area contributed by atoms with Crippen molar-refractivity contribution in [2.24, 2.45) is 5.73 Å². The Morgan fingerprint density at radius 2 is 1.67 bits per heavy atom. The highest BCUT2D eigenvalue weighted by Crippen LogP contribution is 2.34. The van der Waals surface area contributed by atoms with Crippen molar-refractivity contribution in [1.82, 2.24) is 0 Å². The Labute approximate surface area is 125 Å². The number of benzene rings is 2. The van der Waals surface area contributed by atoms with Gasteiger partial charge in [-0.25, -0.2) is 4.39 Å². The van der Waals surface area contributed by atoms with Gasteiger partial charge in [-0.2, -0.15) is 0 Å². The van der Waals surface area contributed by atoms with Crippen LogP contribution < -0.4 is 10.5 Å². The molecule has 0 amide bonds. The standard InChI is InChI=1S/C18H22FNO/c1-11(2)14-7-5-6-8-17(14)21-18-9-12(3)16(19)10-15(18)13(4)20/h5-11,13H,20H2,1-4H3. The van der Waals surface area contributed by atoms with Crippen molar-refractivity contribution in [2.45, 2.75) is 39.7 Å². The van der Waals surface area contributed by atoms with Gasteiger partial charge >= 0.3 is 0 Å². The molecule has 2 nitrogen and oxygen atoms in total. The van der Waals surface area contributed by atoms with Crippen LogP contribution in [0, 0.1) is 12.7 Å². The average Bonchev–Trinajstić information content (AvgIpc) is 2.42. The first-order valence-electron chi connectivity index (χ1n) is 7.22. The first kappa shape index (κ1) is 15.5. The van der Waals surface area contributed by atoms with Gasteiger partial charge < -0.3 is 10.5 Å². The minimum Gasteiger partial charge on any atom is -0.457 e. The van der Waals surface area contributed by atoms with Crippen LogP contribution in [-0.2, 0) is 0 Å². The number of para-hydroxylation sites is 1. The summed E-state index contributed by atoms with van der Waals surface area (Å²) in [6.45, 7) is 7.78. The lowest BCUT2D eigenvalue weighted by molar-refractivity contribution is 0.460. The largest absolute Gasteiger partial charge is 0.457 e. The summed E-state index contributed by atoms with van der Waals surface area (Å²) in [7, 11) is 0. The molecule has 2 N–H and O–H groups in total. The monoisotopic (exact) mass is 287 g/mol. The number of rotatable bonds is 4. The second-order valence-electron chi connectivity index (χ2n) is 5.72. The Balaban J connectivity index is 2.47. The van der Waals surface area contributed by atoms with Crippen molar-refractivity contribution in [3.63, 3.8) is 0 Å². The molecule has 1 atom stereocenters. The summed E-state index contributed by atoms with van der Waals surface area (Å²) in [5.41, 5.74) is 8.29. The van der Waals surface area contributed by atoms with E-state index in [4.69, 9.17) is 10.5 Å². The first-order valence-corrected chi connectivity index (χ1v) is 7.22. The smallest absolute Gasteiger partial charge is 0.132 e. The molecule has 2 rings (SSSR count). The topological polar surface area (TPSA) is 35.2 Å². The van der Waals surface area contributed by atoms with Gasteiger partial charge in [0.15, 0.2) is 0 Å². The van der Waals surface area contributed by atoms with Gasteiger partial charge in [0.2, 0.25) is 0 Å². The van der Waals surface area contributed by atoms with E-state index in [1.807, 2.05) is 31.2 Å². The number of hydrogen-bond donors (Lipinski definition) is 1. The van der Waals surface area contributed by atoms with Gasteiger partial charge in [-0.15, -0.1) is 0 Å². The van der Waals surface area contributed by atoms with E-state index in [1.165, 1.54) is 6.07 Å². The van der Waals surface area contributed by atoms with Crippen LogP contribution in [-0.4, -0.2) is 0 Å². The van der Waals surface area contributed by atoms with Crippen LogP contribution in [0.1, 0.15) is 49.4 Å². The van der Waals surface area contributed by atoms with E-state index >= 15 is 0 Å². The third-order valence-electron chi connectivity index (χ3n) is 3.54. The summed E-state index contributed by atoms with van der Waals surface area (Å²) in [4.78, 5) is 0. The van der Waals surface area contributed by atoms with Gasteiger partial charge in [0.1, 0.15) is 17.3 Å². The van der Waals surface area contributed by atoms with E-state index in [0.717, 1.165) is 11.3 Å². The SMILES string of the molecule is Cc1cc(Oc2ccccc2C(C)C)c(C(C)N)cc1F. The maximum absolute atomic E-state index is 13.8. The van der Waals surface area contributed by atoms with Crippen molar-refractivity contribution >= 4 is 0 Å². The number of aryl methyl sites for hydroxylation is 1. The molecule has 0 saturated heterocycles. The molecule has 0 spiro atoms. The maximum Gasteiger partial charge on any atom is 0.132 e. The highest BCUT2D eigenvalue weighted by molar-refractivity contribution is 5.45. The summed E-state index contributed by atoms with van der Waals surface area (Å²) >= 11 is 0. The van der Waals surface area contributed by atoms with Gasteiger partial charge in [0, 0.05) is 11.6 Å². The lowest BCUT2D eigenvalue weighted by Gasteiger charge is -2.18. The molecule has 2 aromatic rings. The molecule has 0 aromatic heterocycles. The van der Waals surface area contributed by atoms with Crippen LogP contribution in [0.25, 0.3) is 0 Å². The molecule has 0 radical (unpaired) electrons. The van der Waals surface area contributed by atoms with Crippen LogP contribution in [0.2, 0.25) is 0 Å². The Morgan fingerprint density at radius 3 is 2.29 bits per heavy atom. The fourth-order valence-electron chi connectivity index (χ4n) is 2.28. The predicted molar refractivity (Wildman–Crippen MR) is 84.3 cm³/mol. The number of ether oxygens (including phenoxy) is 1. The minimum absolute atomic E-state index is 0.258. The summed E-state index contributed by atoms with van der Waals surface area (Å²) in [6, 6.07) is 10.8. The zero-order chi connectivity index (χ0) is 15.6. The van der Waals surface area contributed by atoms with E-state index < -0.39 is 0 Å². The molecule has 0 fully saturated rings. The highest BCUT2D eigenvalue weighted by atomic mass is 19.1. The Bertz CT molecular complexity index is 635. The van der Waals surface area contributed by atoms with Crippen LogP contribution in [0.15, 0.2) is 36.4 Å². The third-order valence-corrected chi connectivity index (χ3v) is 3.54. The molecule has 1 unspecified atom stereocenters. The van der Waals surface area contributed by atoms with E-state index in [1.54, 1.807) is 13.0 Å². The molecular weight excluding hydrogens is 265 g/mol. The minimum atomic E-state index is -0.290. The van der Waals surface area contributed by atoms with Crippen molar-refractivity contribution < 1.29 is 9.13 Å². The Kier molecular flexibility index (Phi) is 4.63. The number of nitrogens with two attached hydrogens (primary N) is 1. The zero-order valence-corrected chi connectivity index (χ0v) is 13.0. The Morgan fingerprint density at radius 1 is 1.00 bits per heavy atom. The van der Waals surface area contributed by atoms with E-state index in [2.05, 4.69) is 13.8 Å². The maximum atomic E-state index is 13.8. The summed E-state index contributed by atoms with van der Waals surface area (Å²) in [6.07, 6.45) is 0. The zero-order valence-electron chi connectivity index (χ0n) is 13.0. The second kappa shape index (κ2) is 6.27. The molecule has 0 heterocycles. The molecule has 2 aromatic carbocycles. The molecular formula is C18H22FNO. The van der Waals surface area contributed by atoms with Crippen molar-refractivity contribution in [3.8, 4) is 11.5 Å². The number of halogens is 1. The molecule has 0 aliphatic carbocycles. The van der Waals surface area contributed by atoms with Gasteiger partial charge in [-0.3, -0.25) is 0 Å². The second-order valence-corrected chi connectivity index (χ2v) is 5.72.